The molecule has 1 fully saturated rings. The molecule has 124 valence electrons. The number of ether oxygens (including phenoxy) is 1. The normalized spacial score (nSPS) is 22.3. The van der Waals surface area contributed by atoms with Crippen LogP contribution in [0.5, 0.6) is 0 Å². The molecule has 1 aliphatic rings. The summed E-state index contributed by atoms with van der Waals surface area (Å²) in [5.74, 6) is 0. The topological polar surface area (TPSA) is 48.0 Å². The van der Waals surface area contributed by atoms with Crippen molar-refractivity contribution in [3.8, 4) is 0 Å². The van der Waals surface area contributed by atoms with E-state index in [0.29, 0.717) is 32.2 Å². The average molecular weight is 301 g/mol. The van der Waals surface area contributed by atoms with Crippen LogP contribution in [0.4, 0.5) is 0 Å². The molecule has 0 aromatic heterocycles. The van der Waals surface area contributed by atoms with Crippen LogP contribution in [0.15, 0.2) is 0 Å². The number of piperidine rings is 1. The van der Waals surface area contributed by atoms with Gasteiger partial charge in [0.05, 0.1) is 19.3 Å². The molecule has 0 N–H and O–H groups in total. The number of carbonyl (C=O) groups excluding carboxylic acids is 1. The highest BCUT2D eigenvalue weighted by Crippen LogP contribution is 2.38. The van der Waals surface area contributed by atoms with Crippen molar-refractivity contribution in [3.05, 3.63) is 0 Å². The maximum Gasteiger partial charge on any atom is 0.120 e. The first kappa shape index (κ1) is 18.6. The van der Waals surface area contributed by atoms with E-state index >= 15 is 0 Å². The fraction of sp³-hybridized carbons (Fsp3) is 0.938. The van der Waals surface area contributed by atoms with Gasteiger partial charge < -0.3 is 9.53 Å². The van der Waals surface area contributed by atoms with Crippen molar-refractivity contribution >= 4 is 6.29 Å². The number of likely N-dealkylation sites (tertiary alicyclic amines) is 1. The summed E-state index contributed by atoms with van der Waals surface area (Å²) in [5.41, 5.74) is 0.145. The van der Waals surface area contributed by atoms with E-state index in [1.807, 2.05) is 0 Å². The van der Waals surface area contributed by atoms with Crippen LogP contribution in [0.3, 0.4) is 0 Å². The molecule has 1 heterocycles. The Morgan fingerprint density at radius 3 is 2.19 bits per heavy atom. The third-order valence-electron chi connectivity index (χ3n) is 4.28. The second-order valence-electron chi connectivity index (χ2n) is 7.00. The van der Waals surface area contributed by atoms with Crippen molar-refractivity contribution < 1.29 is 19.3 Å². The van der Waals surface area contributed by atoms with E-state index in [1.54, 1.807) is 7.11 Å². The molecule has 0 atom stereocenters. The number of methoxy groups -OCH3 is 1. The Morgan fingerprint density at radius 1 is 1.10 bits per heavy atom. The first-order valence-corrected chi connectivity index (χ1v) is 7.82. The molecule has 21 heavy (non-hydrogen) atoms. The first-order valence-electron chi connectivity index (χ1n) is 7.82. The van der Waals surface area contributed by atoms with Crippen molar-refractivity contribution in [1.82, 2.24) is 4.90 Å². The molecule has 0 bridgehead atoms. The Balaban J connectivity index is 2.39. The minimum atomic E-state index is 0.0727. The monoisotopic (exact) mass is 301 g/mol. The zero-order valence-electron chi connectivity index (χ0n) is 14.2. The highest BCUT2D eigenvalue weighted by molar-refractivity contribution is 5.48. The standard InChI is InChI=1S/C16H31NO4/c1-15(2)12-14(19-5)13-16(3,4)17(15)8-11-21-20-10-7-6-9-18/h9,14H,6-8,10-13H2,1-5H3. The second kappa shape index (κ2) is 8.22. The third-order valence-corrected chi connectivity index (χ3v) is 4.28. The highest BCUT2D eigenvalue weighted by Gasteiger charge is 2.45. The van der Waals surface area contributed by atoms with Crippen LogP contribution in [-0.4, -0.2) is 55.2 Å². The molecule has 1 aliphatic heterocycles. The van der Waals surface area contributed by atoms with Crippen molar-refractivity contribution in [3.63, 3.8) is 0 Å². The van der Waals surface area contributed by atoms with Crippen molar-refractivity contribution in [1.29, 1.82) is 0 Å². The molecule has 0 unspecified atom stereocenters. The summed E-state index contributed by atoms with van der Waals surface area (Å²) < 4.78 is 5.58. The van der Waals surface area contributed by atoms with Gasteiger partial charge in [-0.15, -0.1) is 0 Å². The van der Waals surface area contributed by atoms with Gasteiger partial charge >= 0.3 is 0 Å². The van der Waals surface area contributed by atoms with Gasteiger partial charge in [0, 0.05) is 31.2 Å². The minimum Gasteiger partial charge on any atom is -0.381 e. The second-order valence-corrected chi connectivity index (χ2v) is 7.00. The molecule has 0 aliphatic carbocycles. The zero-order chi connectivity index (χ0) is 15.9. The lowest BCUT2D eigenvalue weighted by Gasteiger charge is -2.55. The van der Waals surface area contributed by atoms with Gasteiger partial charge in [-0.1, -0.05) is 0 Å². The van der Waals surface area contributed by atoms with E-state index in [4.69, 9.17) is 14.5 Å². The lowest BCUT2D eigenvalue weighted by Crippen LogP contribution is -2.62. The van der Waals surface area contributed by atoms with Gasteiger partial charge in [-0.3, -0.25) is 4.90 Å². The number of hydrogen-bond acceptors (Lipinski definition) is 5. The van der Waals surface area contributed by atoms with Gasteiger partial charge in [0.15, 0.2) is 0 Å². The van der Waals surface area contributed by atoms with Crippen LogP contribution in [0.2, 0.25) is 0 Å². The molecule has 0 amide bonds. The highest BCUT2D eigenvalue weighted by atomic mass is 17.2. The van der Waals surface area contributed by atoms with E-state index in [1.165, 1.54) is 0 Å². The minimum absolute atomic E-state index is 0.0727. The van der Waals surface area contributed by atoms with Gasteiger partial charge in [-0.05, 0) is 47.0 Å². The van der Waals surface area contributed by atoms with E-state index in [2.05, 4.69) is 32.6 Å². The van der Waals surface area contributed by atoms with E-state index in [9.17, 15) is 4.79 Å². The Kier molecular flexibility index (Phi) is 7.27. The fourth-order valence-electron chi connectivity index (χ4n) is 3.47. The molecule has 0 aromatic rings. The number of hydrogen-bond donors (Lipinski definition) is 0. The van der Waals surface area contributed by atoms with Crippen molar-refractivity contribution in [2.45, 2.75) is 70.6 Å². The fourth-order valence-corrected chi connectivity index (χ4v) is 3.47. The molecule has 0 aromatic carbocycles. The number of nitrogens with zero attached hydrogens (tertiary/aromatic N) is 1. The summed E-state index contributed by atoms with van der Waals surface area (Å²) in [6.45, 7) is 10.8. The summed E-state index contributed by atoms with van der Waals surface area (Å²) in [7, 11) is 1.79. The van der Waals surface area contributed by atoms with Gasteiger partial charge in [-0.2, -0.15) is 0 Å². The first-order chi connectivity index (χ1) is 9.83. The van der Waals surface area contributed by atoms with Gasteiger partial charge in [0.25, 0.3) is 0 Å². The van der Waals surface area contributed by atoms with Crippen LogP contribution in [0, 0.1) is 0 Å². The van der Waals surface area contributed by atoms with Crippen molar-refractivity contribution in [2.24, 2.45) is 0 Å². The number of rotatable bonds is 9. The van der Waals surface area contributed by atoms with Crippen LogP contribution < -0.4 is 0 Å². The largest absolute Gasteiger partial charge is 0.381 e. The molecular weight excluding hydrogens is 270 g/mol. The molecule has 5 heteroatoms. The molecule has 0 radical (unpaired) electrons. The van der Waals surface area contributed by atoms with E-state index in [-0.39, 0.29) is 11.1 Å². The Labute approximate surface area is 128 Å². The van der Waals surface area contributed by atoms with E-state index in [0.717, 1.165) is 25.7 Å². The number of carbonyl (C=O) groups is 1. The van der Waals surface area contributed by atoms with Gasteiger partial charge in [0.2, 0.25) is 0 Å². The molecule has 0 spiro atoms. The molecule has 1 saturated heterocycles. The summed E-state index contributed by atoms with van der Waals surface area (Å²) in [6.07, 6.45) is 4.48. The average Bonchev–Trinajstić information content (AvgIpc) is 2.38. The van der Waals surface area contributed by atoms with Gasteiger partial charge in [0.1, 0.15) is 6.29 Å². The van der Waals surface area contributed by atoms with Crippen LogP contribution in [0.1, 0.15) is 53.4 Å². The van der Waals surface area contributed by atoms with Crippen LogP contribution in [-0.2, 0) is 19.3 Å². The molecule has 1 rings (SSSR count). The SMILES string of the molecule is COC1CC(C)(C)N(CCOOCCCC=O)C(C)(C)C1. The summed E-state index contributed by atoms with van der Waals surface area (Å²) >= 11 is 0. The zero-order valence-corrected chi connectivity index (χ0v) is 14.2. The predicted molar refractivity (Wildman–Crippen MR) is 82.1 cm³/mol. The van der Waals surface area contributed by atoms with Gasteiger partial charge in [-0.25, -0.2) is 9.78 Å². The third kappa shape index (κ3) is 5.66. The van der Waals surface area contributed by atoms with Crippen LogP contribution in [0.25, 0.3) is 0 Å². The molecule has 5 nitrogen and oxygen atoms in total. The maximum absolute atomic E-state index is 10.2. The Bertz CT molecular complexity index is 299. The van der Waals surface area contributed by atoms with E-state index < -0.39 is 0 Å². The molecular formula is C16H31NO4. The lowest BCUT2D eigenvalue weighted by molar-refractivity contribution is -0.299. The lowest BCUT2D eigenvalue weighted by atomic mass is 9.78. The smallest absolute Gasteiger partial charge is 0.120 e. The Hall–Kier alpha value is -0.490. The summed E-state index contributed by atoms with van der Waals surface area (Å²) in [4.78, 5) is 23.0. The number of aldehydes is 1. The van der Waals surface area contributed by atoms with Crippen molar-refractivity contribution in [2.75, 3.05) is 26.9 Å². The molecule has 0 saturated carbocycles. The van der Waals surface area contributed by atoms with Crippen LogP contribution >= 0.6 is 0 Å². The Morgan fingerprint density at radius 2 is 1.67 bits per heavy atom. The summed E-state index contributed by atoms with van der Waals surface area (Å²) in [5, 5.41) is 0. The predicted octanol–water partition coefficient (Wildman–Crippen LogP) is 2.58. The summed E-state index contributed by atoms with van der Waals surface area (Å²) in [6, 6.07) is 0. The quantitative estimate of drug-likeness (QED) is 0.283. The number of unbranched alkanes of at least 4 members (excludes halogenated alkanes) is 1. The maximum atomic E-state index is 10.2.